The Labute approximate surface area is 121 Å². The molecule has 0 radical (unpaired) electrons. The average molecular weight is 286 g/mol. The fraction of sp³-hybridized carbons (Fsp3) is 0.188. The largest absolute Gasteiger partial charge is 0.448 e. The predicted molar refractivity (Wildman–Crippen MR) is 78.9 cm³/mol. The number of amides is 1. The van der Waals surface area contributed by atoms with Gasteiger partial charge in [-0.1, -0.05) is 0 Å². The average Bonchev–Trinajstić information content (AvgIpc) is 3.06. The molecule has 0 aliphatic carbocycles. The lowest BCUT2D eigenvalue weighted by molar-refractivity contribution is 0.0971. The molecule has 1 N–H and O–H groups in total. The number of fused-ring (bicyclic) bond motifs is 1. The molecule has 108 valence electrons. The number of hydrogen-bond donors (Lipinski definition) is 1. The number of aromatic amines is 1. The number of nitrogens with one attached hydrogen (secondary N) is 1. The number of nitrogens with zero attached hydrogens (tertiary/aromatic N) is 1. The number of halogens is 1. The molecule has 0 bridgehead atoms. The van der Waals surface area contributed by atoms with Crippen LogP contribution in [0.3, 0.4) is 0 Å². The molecule has 5 heteroatoms. The van der Waals surface area contributed by atoms with Crippen LogP contribution < -0.4 is 4.90 Å². The van der Waals surface area contributed by atoms with Gasteiger partial charge in [0.05, 0.1) is 6.26 Å². The zero-order valence-electron chi connectivity index (χ0n) is 11.8. The van der Waals surface area contributed by atoms with Crippen LogP contribution in [0.25, 0.3) is 10.9 Å². The van der Waals surface area contributed by atoms with Crippen LogP contribution in [0.5, 0.6) is 0 Å². The van der Waals surface area contributed by atoms with Gasteiger partial charge in [0, 0.05) is 23.0 Å². The number of H-pyrrole nitrogens is 1. The number of aromatic nitrogens is 1. The Bertz CT molecular complexity index is 775. The Balaban J connectivity index is 2.02. The summed E-state index contributed by atoms with van der Waals surface area (Å²) >= 11 is 0. The lowest BCUT2D eigenvalue weighted by atomic mass is 10.2. The quantitative estimate of drug-likeness (QED) is 0.792. The minimum atomic E-state index is -0.338. The Morgan fingerprint density at radius 3 is 2.76 bits per heavy atom. The van der Waals surface area contributed by atoms with Crippen molar-refractivity contribution in [2.45, 2.75) is 19.9 Å². The van der Waals surface area contributed by atoms with Crippen LogP contribution in [-0.2, 0) is 0 Å². The first-order chi connectivity index (χ1) is 10.1. The summed E-state index contributed by atoms with van der Waals surface area (Å²) in [6.07, 6.45) is 1.53. The molecule has 0 saturated heterocycles. The summed E-state index contributed by atoms with van der Waals surface area (Å²) in [6.45, 7) is 3.81. The highest BCUT2D eigenvalue weighted by molar-refractivity contribution is 6.07. The van der Waals surface area contributed by atoms with E-state index >= 15 is 0 Å². The molecular weight excluding hydrogens is 271 g/mol. The molecule has 0 unspecified atom stereocenters. The maximum Gasteiger partial charge on any atom is 0.277 e. The molecule has 0 spiro atoms. The second-order valence-corrected chi connectivity index (χ2v) is 5.13. The molecule has 0 fully saturated rings. The first-order valence-electron chi connectivity index (χ1n) is 6.71. The van der Waals surface area contributed by atoms with Gasteiger partial charge in [0.25, 0.3) is 5.91 Å². The van der Waals surface area contributed by atoms with E-state index in [1.807, 2.05) is 13.8 Å². The van der Waals surface area contributed by atoms with Crippen molar-refractivity contribution < 1.29 is 13.6 Å². The molecule has 3 aromatic rings. The molecule has 2 heterocycles. The van der Waals surface area contributed by atoms with E-state index in [9.17, 15) is 9.18 Å². The molecule has 0 atom stereocenters. The van der Waals surface area contributed by atoms with Crippen molar-refractivity contribution in [2.75, 3.05) is 4.90 Å². The summed E-state index contributed by atoms with van der Waals surface area (Å²) in [4.78, 5) is 17.2. The third-order valence-corrected chi connectivity index (χ3v) is 3.29. The maximum atomic E-state index is 13.2. The maximum absolute atomic E-state index is 13.2. The third kappa shape index (κ3) is 2.42. The van der Waals surface area contributed by atoms with Gasteiger partial charge in [-0.2, -0.15) is 0 Å². The highest BCUT2D eigenvalue weighted by Crippen LogP contribution is 2.23. The van der Waals surface area contributed by atoms with Crippen LogP contribution in [0.1, 0.15) is 24.3 Å². The number of carbonyl (C=O) groups excluding carboxylic acids is 1. The fourth-order valence-corrected chi connectivity index (χ4v) is 2.34. The van der Waals surface area contributed by atoms with Crippen molar-refractivity contribution in [3.05, 3.63) is 54.2 Å². The molecular formula is C16H15FN2O2. The second kappa shape index (κ2) is 5.09. The Morgan fingerprint density at radius 2 is 2.10 bits per heavy atom. The lowest BCUT2D eigenvalue weighted by Crippen LogP contribution is -2.36. The molecule has 0 aliphatic rings. The molecule has 1 amide bonds. The Morgan fingerprint density at radius 1 is 1.29 bits per heavy atom. The van der Waals surface area contributed by atoms with E-state index in [4.69, 9.17) is 4.42 Å². The first kappa shape index (κ1) is 13.4. The Hall–Kier alpha value is -2.56. The van der Waals surface area contributed by atoms with Crippen molar-refractivity contribution in [2.24, 2.45) is 0 Å². The summed E-state index contributed by atoms with van der Waals surface area (Å²) in [5.41, 5.74) is 1.00. The van der Waals surface area contributed by atoms with Crippen LogP contribution in [-0.4, -0.2) is 16.9 Å². The van der Waals surface area contributed by atoms with E-state index < -0.39 is 0 Å². The Kier molecular flexibility index (Phi) is 3.25. The summed E-state index contributed by atoms with van der Waals surface area (Å²) in [6, 6.07) is 9.51. The highest BCUT2D eigenvalue weighted by atomic mass is 19.1. The van der Waals surface area contributed by atoms with E-state index in [0.29, 0.717) is 17.1 Å². The molecule has 3 rings (SSSR count). The number of rotatable bonds is 3. The SMILES string of the molecule is CC(C)N(C(=O)c1cc2ccc(F)cc2[nH]1)c1ccco1. The number of hydrogen-bond acceptors (Lipinski definition) is 2. The third-order valence-electron chi connectivity index (χ3n) is 3.29. The predicted octanol–water partition coefficient (Wildman–Crippen LogP) is 3.96. The van der Waals surface area contributed by atoms with Crippen molar-refractivity contribution in [3.63, 3.8) is 0 Å². The van der Waals surface area contributed by atoms with Crippen LogP contribution >= 0.6 is 0 Å². The summed E-state index contributed by atoms with van der Waals surface area (Å²) < 4.78 is 18.6. The standard InChI is InChI=1S/C16H15FN2O2/c1-10(2)19(15-4-3-7-21-15)16(20)14-8-11-5-6-12(17)9-13(11)18-14/h3-10,18H,1-2H3. The number of benzene rings is 1. The molecule has 1 aromatic carbocycles. The van der Waals surface area contributed by atoms with E-state index in [0.717, 1.165) is 5.39 Å². The monoisotopic (exact) mass is 286 g/mol. The second-order valence-electron chi connectivity index (χ2n) is 5.13. The zero-order chi connectivity index (χ0) is 15.0. The van der Waals surface area contributed by atoms with Gasteiger partial charge in [0.15, 0.2) is 0 Å². The fourth-order valence-electron chi connectivity index (χ4n) is 2.34. The normalized spacial score (nSPS) is 11.2. The van der Waals surface area contributed by atoms with Gasteiger partial charge in [-0.25, -0.2) is 4.39 Å². The van der Waals surface area contributed by atoms with Crippen LogP contribution in [0.4, 0.5) is 10.3 Å². The zero-order valence-corrected chi connectivity index (χ0v) is 11.8. The molecule has 4 nitrogen and oxygen atoms in total. The van der Waals surface area contributed by atoms with Gasteiger partial charge in [-0.05, 0) is 44.2 Å². The summed E-state index contributed by atoms with van der Waals surface area (Å²) in [7, 11) is 0. The van der Waals surface area contributed by atoms with E-state index in [-0.39, 0.29) is 17.8 Å². The topological polar surface area (TPSA) is 49.2 Å². The molecule has 0 aliphatic heterocycles. The van der Waals surface area contributed by atoms with Gasteiger partial charge < -0.3 is 9.40 Å². The molecule has 2 aromatic heterocycles. The van der Waals surface area contributed by atoms with Crippen LogP contribution in [0, 0.1) is 5.82 Å². The smallest absolute Gasteiger partial charge is 0.277 e. The van der Waals surface area contributed by atoms with Gasteiger partial charge in [-0.3, -0.25) is 9.69 Å². The minimum absolute atomic E-state index is 0.0631. The summed E-state index contributed by atoms with van der Waals surface area (Å²) in [5, 5.41) is 0.794. The van der Waals surface area contributed by atoms with Crippen LogP contribution in [0.2, 0.25) is 0 Å². The number of anilines is 1. The van der Waals surface area contributed by atoms with Crippen molar-refractivity contribution in [1.82, 2.24) is 4.98 Å². The lowest BCUT2D eigenvalue weighted by Gasteiger charge is -2.23. The first-order valence-corrected chi connectivity index (χ1v) is 6.71. The van der Waals surface area contributed by atoms with Crippen molar-refractivity contribution in [1.29, 1.82) is 0 Å². The number of furan rings is 1. The van der Waals surface area contributed by atoms with Crippen LogP contribution in [0.15, 0.2) is 47.1 Å². The molecule has 21 heavy (non-hydrogen) atoms. The molecule has 0 saturated carbocycles. The number of carbonyl (C=O) groups is 1. The van der Waals surface area contributed by atoms with Gasteiger partial charge in [-0.15, -0.1) is 0 Å². The van der Waals surface area contributed by atoms with Gasteiger partial charge >= 0.3 is 0 Å². The van der Waals surface area contributed by atoms with E-state index in [1.54, 1.807) is 29.2 Å². The highest BCUT2D eigenvalue weighted by Gasteiger charge is 2.24. The summed E-state index contributed by atoms with van der Waals surface area (Å²) in [5.74, 6) is -0.0634. The minimum Gasteiger partial charge on any atom is -0.448 e. The van der Waals surface area contributed by atoms with E-state index in [1.165, 1.54) is 18.4 Å². The van der Waals surface area contributed by atoms with Gasteiger partial charge in [0.2, 0.25) is 5.88 Å². The van der Waals surface area contributed by atoms with Crippen molar-refractivity contribution in [3.8, 4) is 0 Å². The van der Waals surface area contributed by atoms with E-state index in [2.05, 4.69) is 4.98 Å². The van der Waals surface area contributed by atoms with Crippen molar-refractivity contribution >= 4 is 22.7 Å². The van der Waals surface area contributed by atoms with Gasteiger partial charge in [0.1, 0.15) is 11.5 Å².